The van der Waals surface area contributed by atoms with Crippen molar-refractivity contribution in [1.29, 1.82) is 0 Å². The smallest absolute Gasteiger partial charge is 0.299 e. The van der Waals surface area contributed by atoms with Crippen molar-refractivity contribution in [3.05, 3.63) is 72.4 Å². The maximum Gasteiger partial charge on any atom is 0.299 e. The highest BCUT2D eigenvalue weighted by Crippen LogP contribution is 2.36. The molecule has 1 aliphatic rings. The standard InChI is InChI=1S/C25H20IN7O2/c26-11-10-20(34)32-14-3-4-18(32)24-31-21(22-23(27)29-13-15-33(22)24)16-6-8-17(9-7-16)25(35)30-19-5-1-2-12-28-19/h1-2,5-9,12-13,15,18H,3-4,14H2,(H2,27,29)(H,28,30,35)/t18-/m0/s1. The van der Waals surface area contributed by atoms with Crippen LogP contribution in [0.2, 0.25) is 0 Å². The van der Waals surface area contributed by atoms with E-state index >= 15 is 0 Å². The number of nitrogens with one attached hydrogen (secondary N) is 1. The molecule has 4 heterocycles. The molecule has 1 fully saturated rings. The topological polar surface area (TPSA) is 119 Å². The van der Waals surface area contributed by atoms with Crippen molar-refractivity contribution in [1.82, 2.24) is 24.3 Å². The number of benzene rings is 1. The van der Waals surface area contributed by atoms with E-state index in [1.165, 1.54) is 0 Å². The van der Waals surface area contributed by atoms with Crippen molar-refractivity contribution < 1.29 is 9.59 Å². The first kappa shape index (κ1) is 22.8. The molecule has 0 bridgehead atoms. The third-order valence-corrected chi connectivity index (χ3v) is 6.17. The first-order chi connectivity index (χ1) is 17.1. The van der Waals surface area contributed by atoms with Crippen LogP contribution in [0.25, 0.3) is 16.8 Å². The molecule has 4 aromatic rings. The molecule has 3 N–H and O–H groups in total. The Morgan fingerprint density at radius 1 is 1.11 bits per heavy atom. The average molecular weight is 577 g/mol. The number of likely N-dealkylation sites (tertiary alicyclic amines) is 1. The number of anilines is 2. The summed E-state index contributed by atoms with van der Waals surface area (Å²) in [6.07, 6.45) is 6.68. The van der Waals surface area contributed by atoms with Crippen molar-refractivity contribution in [3.8, 4) is 21.1 Å². The molecule has 174 valence electrons. The fraction of sp³-hybridized carbons (Fsp3) is 0.160. The Balaban J connectivity index is 1.51. The molecule has 35 heavy (non-hydrogen) atoms. The molecule has 0 unspecified atom stereocenters. The third-order valence-electron chi connectivity index (χ3n) is 5.90. The number of hydrogen-bond donors (Lipinski definition) is 2. The Labute approximate surface area is 214 Å². The van der Waals surface area contributed by atoms with E-state index in [0.29, 0.717) is 40.8 Å². The molecule has 9 nitrogen and oxygen atoms in total. The molecule has 10 heteroatoms. The SMILES string of the molecule is Nc1nccn2c([C@@H]3CCCN3C(=O)C#CI)nc(-c3ccc(C(=O)Nc4ccccn4)cc3)c12. The van der Waals surface area contributed by atoms with Crippen LogP contribution in [0.1, 0.15) is 35.1 Å². The number of fused-ring (bicyclic) bond motifs is 1. The normalized spacial score (nSPS) is 15.0. The summed E-state index contributed by atoms with van der Waals surface area (Å²) >= 11 is 1.87. The van der Waals surface area contributed by atoms with Crippen molar-refractivity contribution in [2.45, 2.75) is 18.9 Å². The van der Waals surface area contributed by atoms with Crippen LogP contribution >= 0.6 is 22.6 Å². The molecule has 0 spiro atoms. The van der Waals surface area contributed by atoms with E-state index in [2.05, 4.69) is 25.1 Å². The summed E-state index contributed by atoms with van der Waals surface area (Å²) in [5.41, 5.74) is 8.83. The van der Waals surface area contributed by atoms with Gasteiger partial charge in [-0.15, -0.1) is 0 Å². The lowest BCUT2D eigenvalue weighted by Gasteiger charge is -2.21. The number of amides is 2. The molecule has 0 saturated carbocycles. The van der Waals surface area contributed by atoms with Gasteiger partial charge < -0.3 is 16.0 Å². The zero-order valence-corrected chi connectivity index (χ0v) is 20.6. The molecular formula is C25H20IN7O2. The second-order valence-corrected chi connectivity index (χ2v) is 8.51. The Morgan fingerprint density at radius 3 is 2.69 bits per heavy atom. The van der Waals surface area contributed by atoms with E-state index < -0.39 is 0 Å². The van der Waals surface area contributed by atoms with Crippen LogP contribution in [0.4, 0.5) is 11.6 Å². The second kappa shape index (κ2) is 9.71. The van der Waals surface area contributed by atoms with Gasteiger partial charge in [-0.25, -0.2) is 15.0 Å². The van der Waals surface area contributed by atoms with Gasteiger partial charge in [0, 0.05) is 64.8 Å². The number of nitrogen functional groups attached to an aromatic ring is 1. The highest BCUT2D eigenvalue weighted by Gasteiger charge is 2.33. The van der Waals surface area contributed by atoms with Crippen LogP contribution in [-0.2, 0) is 4.79 Å². The molecule has 0 radical (unpaired) electrons. The summed E-state index contributed by atoms with van der Waals surface area (Å²) in [5.74, 6) is 3.67. The van der Waals surface area contributed by atoms with Gasteiger partial charge in [-0.1, -0.05) is 18.2 Å². The summed E-state index contributed by atoms with van der Waals surface area (Å²) in [7, 11) is 0. The van der Waals surface area contributed by atoms with Crippen LogP contribution in [-0.4, -0.2) is 42.6 Å². The van der Waals surface area contributed by atoms with E-state index in [9.17, 15) is 9.59 Å². The number of carbonyl (C=O) groups excluding carboxylic acids is 2. The lowest BCUT2D eigenvalue weighted by molar-refractivity contribution is -0.126. The maximum absolute atomic E-state index is 12.6. The first-order valence-electron chi connectivity index (χ1n) is 10.9. The Hall–Kier alpha value is -3.98. The summed E-state index contributed by atoms with van der Waals surface area (Å²) in [6.45, 7) is 0.625. The Bertz CT molecular complexity index is 1470. The number of nitrogens with two attached hydrogens (primary N) is 1. The summed E-state index contributed by atoms with van der Waals surface area (Å²) in [6, 6.07) is 12.2. The average Bonchev–Trinajstić information content (AvgIpc) is 3.51. The molecular weight excluding hydrogens is 557 g/mol. The van der Waals surface area contributed by atoms with Gasteiger partial charge in [0.2, 0.25) is 0 Å². The monoisotopic (exact) mass is 577 g/mol. The molecule has 1 saturated heterocycles. The van der Waals surface area contributed by atoms with Gasteiger partial charge in [0.25, 0.3) is 11.8 Å². The van der Waals surface area contributed by atoms with Crippen LogP contribution in [0.5, 0.6) is 0 Å². The van der Waals surface area contributed by atoms with Crippen molar-refractivity contribution >= 4 is 51.6 Å². The molecule has 1 aromatic carbocycles. The molecule has 2 amide bonds. The fourth-order valence-electron chi connectivity index (χ4n) is 4.32. The van der Waals surface area contributed by atoms with Gasteiger partial charge in [0.05, 0.1) is 6.04 Å². The van der Waals surface area contributed by atoms with E-state index in [4.69, 9.17) is 10.7 Å². The van der Waals surface area contributed by atoms with Gasteiger partial charge in [0.15, 0.2) is 0 Å². The number of nitrogens with zero attached hydrogens (tertiary/aromatic N) is 5. The second-order valence-electron chi connectivity index (χ2n) is 7.97. The number of rotatable bonds is 4. The highest BCUT2D eigenvalue weighted by atomic mass is 127. The quantitative estimate of drug-likeness (QED) is 0.282. The number of hydrogen-bond acceptors (Lipinski definition) is 6. The lowest BCUT2D eigenvalue weighted by Crippen LogP contribution is -2.30. The van der Waals surface area contributed by atoms with Crippen LogP contribution in [0.3, 0.4) is 0 Å². The number of pyridine rings is 1. The van der Waals surface area contributed by atoms with Gasteiger partial charge in [-0.05, 0) is 41.0 Å². The van der Waals surface area contributed by atoms with E-state index in [-0.39, 0.29) is 17.9 Å². The minimum Gasteiger partial charge on any atom is -0.382 e. The highest BCUT2D eigenvalue weighted by molar-refractivity contribution is 14.1. The minimum absolute atomic E-state index is 0.216. The van der Waals surface area contributed by atoms with E-state index in [0.717, 1.165) is 18.4 Å². The van der Waals surface area contributed by atoms with Crippen LogP contribution in [0, 0.1) is 9.85 Å². The van der Waals surface area contributed by atoms with Gasteiger partial charge in [-0.3, -0.25) is 14.0 Å². The zero-order valence-electron chi connectivity index (χ0n) is 18.5. The van der Waals surface area contributed by atoms with Gasteiger partial charge in [-0.2, -0.15) is 0 Å². The molecule has 5 rings (SSSR count). The molecule has 0 aliphatic carbocycles. The summed E-state index contributed by atoms with van der Waals surface area (Å²) < 4.78 is 4.55. The minimum atomic E-state index is -0.261. The predicted octanol–water partition coefficient (Wildman–Crippen LogP) is 3.69. The maximum atomic E-state index is 12.6. The Morgan fingerprint density at radius 2 is 1.94 bits per heavy atom. The molecule has 1 aliphatic heterocycles. The predicted molar refractivity (Wildman–Crippen MR) is 141 cm³/mol. The Kier molecular flexibility index (Phi) is 6.33. The number of halogens is 1. The van der Waals surface area contributed by atoms with Crippen LogP contribution in [0.15, 0.2) is 61.1 Å². The summed E-state index contributed by atoms with van der Waals surface area (Å²) in [4.78, 5) is 40.2. The van der Waals surface area contributed by atoms with E-state index in [1.54, 1.807) is 53.8 Å². The van der Waals surface area contributed by atoms with E-state index in [1.807, 2.05) is 39.1 Å². The number of aromatic nitrogens is 4. The third kappa shape index (κ3) is 4.42. The molecule has 3 aromatic heterocycles. The zero-order chi connectivity index (χ0) is 24.4. The summed E-state index contributed by atoms with van der Waals surface area (Å²) in [5, 5.41) is 2.77. The largest absolute Gasteiger partial charge is 0.382 e. The van der Waals surface area contributed by atoms with Crippen molar-refractivity contribution in [2.75, 3.05) is 17.6 Å². The number of imidazole rings is 1. The first-order valence-corrected chi connectivity index (χ1v) is 12.0. The van der Waals surface area contributed by atoms with Gasteiger partial charge >= 0.3 is 0 Å². The van der Waals surface area contributed by atoms with Crippen molar-refractivity contribution in [3.63, 3.8) is 0 Å². The fourth-order valence-corrected chi connectivity index (χ4v) is 4.55. The molecule has 1 atom stereocenters. The van der Waals surface area contributed by atoms with Crippen LogP contribution < -0.4 is 11.1 Å². The lowest BCUT2D eigenvalue weighted by atomic mass is 10.1. The number of carbonyl (C=O) groups is 2. The van der Waals surface area contributed by atoms with Gasteiger partial charge in [0.1, 0.15) is 28.7 Å². The van der Waals surface area contributed by atoms with Crippen molar-refractivity contribution in [2.24, 2.45) is 0 Å².